The van der Waals surface area contributed by atoms with Crippen molar-refractivity contribution in [3.63, 3.8) is 0 Å². The van der Waals surface area contributed by atoms with Gasteiger partial charge in [-0.1, -0.05) is 38.1 Å². The molecule has 1 aromatic carbocycles. The number of carbonyl (C=O) groups excluding carboxylic acids is 1. The van der Waals surface area contributed by atoms with Crippen LogP contribution in [0.15, 0.2) is 59.5 Å². The third kappa shape index (κ3) is 3.51. The summed E-state index contributed by atoms with van der Waals surface area (Å²) < 4.78 is 3.43. The maximum Gasteiger partial charge on any atom is 0.252 e. The highest BCUT2D eigenvalue weighted by atomic mass is 16.2. The van der Waals surface area contributed by atoms with E-state index in [2.05, 4.69) is 29.4 Å². The molecule has 0 aliphatic heterocycles. The van der Waals surface area contributed by atoms with Crippen LogP contribution in [0.2, 0.25) is 0 Å². The highest BCUT2D eigenvalue weighted by molar-refractivity contribution is 6.06. The number of hydrogen-bond donors (Lipinski definition) is 1. The van der Waals surface area contributed by atoms with Crippen molar-refractivity contribution in [1.82, 2.24) is 24.5 Å². The highest BCUT2D eigenvalue weighted by Gasteiger charge is 2.23. The number of benzene rings is 1. The Morgan fingerprint density at radius 1 is 1.10 bits per heavy atom. The molecular formula is C22H23N5O2. The van der Waals surface area contributed by atoms with E-state index >= 15 is 0 Å². The van der Waals surface area contributed by atoms with Gasteiger partial charge in [-0.3, -0.25) is 14.0 Å². The first-order valence-electron chi connectivity index (χ1n) is 9.65. The second kappa shape index (κ2) is 7.50. The predicted octanol–water partition coefficient (Wildman–Crippen LogP) is 3.10. The third-order valence-corrected chi connectivity index (χ3v) is 5.06. The Bertz CT molecular complexity index is 1260. The molecule has 1 N–H and O–H groups in total. The summed E-state index contributed by atoms with van der Waals surface area (Å²) in [5.41, 5.74) is 1.59. The summed E-state index contributed by atoms with van der Waals surface area (Å²) in [5, 5.41) is 12.4. The minimum absolute atomic E-state index is 0.220. The first-order valence-corrected chi connectivity index (χ1v) is 9.65. The summed E-state index contributed by atoms with van der Waals surface area (Å²) in [6.45, 7) is 4.19. The summed E-state index contributed by atoms with van der Waals surface area (Å²) in [6, 6.07) is 14.2. The molecule has 7 heteroatoms. The predicted molar refractivity (Wildman–Crippen MR) is 112 cm³/mol. The molecule has 4 rings (SSSR count). The fourth-order valence-electron chi connectivity index (χ4n) is 3.63. The number of aryl methyl sites for hydroxylation is 1. The molecule has 0 aliphatic carbocycles. The fraction of sp³-hybridized carbons (Fsp3) is 0.273. The molecule has 3 heterocycles. The van der Waals surface area contributed by atoms with Crippen LogP contribution in [0.4, 0.5) is 0 Å². The molecule has 0 fully saturated rings. The van der Waals surface area contributed by atoms with Crippen molar-refractivity contribution in [2.24, 2.45) is 13.0 Å². The minimum atomic E-state index is -0.331. The maximum absolute atomic E-state index is 13.2. The van der Waals surface area contributed by atoms with E-state index in [-0.39, 0.29) is 17.5 Å². The summed E-state index contributed by atoms with van der Waals surface area (Å²) in [5.74, 6) is 0.713. The molecule has 0 bridgehead atoms. The lowest BCUT2D eigenvalue weighted by molar-refractivity contribution is 0.0931. The van der Waals surface area contributed by atoms with Crippen molar-refractivity contribution in [3.8, 4) is 0 Å². The van der Waals surface area contributed by atoms with Crippen molar-refractivity contribution < 1.29 is 4.79 Å². The molecule has 0 spiro atoms. The van der Waals surface area contributed by atoms with Gasteiger partial charge in [0.1, 0.15) is 0 Å². The van der Waals surface area contributed by atoms with Gasteiger partial charge in [0.2, 0.25) is 0 Å². The van der Waals surface area contributed by atoms with Crippen LogP contribution in [0, 0.1) is 5.92 Å². The van der Waals surface area contributed by atoms with Crippen LogP contribution in [-0.2, 0) is 7.05 Å². The van der Waals surface area contributed by atoms with Crippen LogP contribution >= 0.6 is 0 Å². The molecule has 0 saturated carbocycles. The lowest BCUT2D eigenvalue weighted by Crippen LogP contribution is -2.32. The zero-order valence-corrected chi connectivity index (χ0v) is 16.7. The topological polar surface area (TPSA) is 81.3 Å². The van der Waals surface area contributed by atoms with Gasteiger partial charge >= 0.3 is 0 Å². The average molecular weight is 389 g/mol. The fourth-order valence-corrected chi connectivity index (χ4v) is 3.63. The molecule has 1 unspecified atom stereocenters. The first-order chi connectivity index (χ1) is 14.0. The minimum Gasteiger partial charge on any atom is -0.342 e. The molecule has 0 saturated heterocycles. The largest absolute Gasteiger partial charge is 0.342 e. The molecule has 1 atom stereocenters. The zero-order chi connectivity index (χ0) is 20.5. The number of fused-ring (bicyclic) bond motifs is 2. The van der Waals surface area contributed by atoms with Gasteiger partial charge in [0.15, 0.2) is 11.5 Å². The number of rotatable bonds is 5. The van der Waals surface area contributed by atoms with Gasteiger partial charge in [0, 0.05) is 24.7 Å². The maximum atomic E-state index is 13.2. The van der Waals surface area contributed by atoms with E-state index in [1.165, 1.54) is 6.07 Å². The van der Waals surface area contributed by atoms with Crippen molar-refractivity contribution >= 4 is 22.5 Å². The lowest BCUT2D eigenvalue weighted by Gasteiger charge is -2.20. The molecule has 3 aromatic heterocycles. The number of nitrogens with one attached hydrogen (secondary N) is 1. The summed E-state index contributed by atoms with van der Waals surface area (Å²) >= 11 is 0. The van der Waals surface area contributed by atoms with Gasteiger partial charge in [0.05, 0.1) is 17.1 Å². The van der Waals surface area contributed by atoms with E-state index in [9.17, 15) is 9.59 Å². The summed E-state index contributed by atoms with van der Waals surface area (Å²) in [7, 11) is 1.70. The van der Waals surface area contributed by atoms with E-state index in [0.29, 0.717) is 23.7 Å². The molecule has 29 heavy (non-hydrogen) atoms. The SMILES string of the molecule is CC(C)CC(NC(=O)c1cc(=O)n(C)c2ccccc12)c1nnc2ccccn12. The van der Waals surface area contributed by atoms with Crippen LogP contribution in [-0.4, -0.2) is 25.1 Å². The molecular weight excluding hydrogens is 366 g/mol. The Morgan fingerprint density at radius 2 is 1.86 bits per heavy atom. The Balaban J connectivity index is 1.76. The van der Waals surface area contributed by atoms with Crippen molar-refractivity contribution in [1.29, 1.82) is 0 Å². The van der Waals surface area contributed by atoms with Crippen LogP contribution in [0.3, 0.4) is 0 Å². The van der Waals surface area contributed by atoms with E-state index in [0.717, 1.165) is 16.6 Å². The molecule has 148 valence electrons. The molecule has 1 amide bonds. The Hall–Kier alpha value is -3.48. The van der Waals surface area contributed by atoms with Gasteiger partial charge in [-0.05, 0) is 30.5 Å². The molecule has 7 nitrogen and oxygen atoms in total. The van der Waals surface area contributed by atoms with Crippen LogP contribution in [0.5, 0.6) is 0 Å². The third-order valence-electron chi connectivity index (χ3n) is 5.06. The first kappa shape index (κ1) is 18.9. The van der Waals surface area contributed by atoms with Gasteiger partial charge in [0.25, 0.3) is 11.5 Å². The second-order valence-corrected chi connectivity index (χ2v) is 7.62. The van der Waals surface area contributed by atoms with E-state index < -0.39 is 0 Å². The quantitative estimate of drug-likeness (QED) is 0.569. The summed E-state index contributed by atoms with van der Waals surface area (Å²) in [6.07, 6.45) is 2.59. The van der Waals surface area contributed by atoms with E-state index in [1.807, 2.05) is 53.1 Å². The number of amides is 1. The second-order valence-electron chi connectivity index (χ2n) is 7.62. The Kier molecular flexibility index (Phi) is 4.88. The van der Waals surface area contributed by atoms with Gasteiger partial charge in [-0.25, -0.2) is 0 Å². The van der Waals surface area contributed by atoms with Gasteiger partial charge in [-0.2, -0.15) is 0 Å². The standard InChI is InChI=1S/C22H23N5O2/c1-14(2)12-17(21-25-24-19-10-6-7-11-27(19)21)23-22(29)16-13-20(28)26(3)18-9-5-4-8-15(16)18/h4-11,13-14,17H,12H2,1-3H3,(H,23,29). The molecule has 4 aromatic rings. The van der Waals surface area contributed by atoms with E-state index in [1.54, 1.807) is 11.6 Å². The normalized spacial score (nSPS) is 12.6. The number of para-hydroxylation sites is 1. The van der Waals surface area contributed by atoms with Crippen molar-refractivity contribution in [2.45, 2.75) is 26.3 Å². The van der Waals surface area contributed by atoms with Crippen LogP contribution in [0.25, 0.3) is 16.6 Å². The van der Waals surface area contributed by atoms with Crippen LogP contribution < -0.4 is 10.9 Å². The monoisotopic (exact) mass is 389 g/mol. The average Bonchev–Trinajstić information content (AvgIpc) is 3.14. The number of aromatic nitrogens is 4. The zero-order valence-electron chi connectivity index (χ0n) is 16.7. The van der Waals surface area contributed by atoms with Crippen LogP contribution in [0.1, 0.15) is 42.5 Å². The Morgan fingerprint density at radius 3 is 2.66 bits per heavy atom. The highest BCUT2D eigenvalue weighted by Crippen LogP contribution is 2.23. The van der Waals surface area contributed by atoms with Crippen molar-refractivity contribution in [2.75, 3.05) is 0 Å². The number of nitrogens with zero attached hydrogens (tertiary/aromatic N) is 4. The summed E-state index contributed by atoms with van der Waals surface area (Å²) in [4.78, 5) is 25.6. The van der Waals surface area contributed by atoms with Gasteiger partial charge < -0.3 is 9.88 Å². The smallest absolute Gasteiger partial charge is 0.252 e. The molecule has 0 aliphatic rings. The number of pyridine rings is 2. The number of carbonyl (C=O) groups is 1. The molecule has 0 radical (unpaired) electrons. The number of hydrogen-bond acceptors (Lipinski definition) is 4. The van der Waals surface area contributed by atoms with E-state index in [4.69, 9.17) is 0 Å². The van der Waals surface area contributed by atoms with Gasteiger partial charge in [-0.15, -0.1) is 10.2 Å². The Labute approximate surface area is 168 Å². The van der Waals surface area contributed by atoms with Crippen molar-refractivity contribution in [3.05, 3.63) is 76.5 Å². The lowest BCUT2D eigenvalue weighted by atomic mass is 10.0.